The Morgan fingerprint density at radius 2 is 1.30 bits per heavy atom. The van der Waals surface area contributed by atoms with E-state index in [9.17, 15) is 0 Å². The average Bonchev–Trinajstić information content (AvgIpc) is 3.58. The molecule has 242 valence electrons. The Labute approximate surface area is 277 Å². The molecule has 4 heteroatoms. The van der Waals surface area contributed by atoms with Crippen LogP contribution < -0.4 is 0 Å². The summed E-state index contributed by atoms with van der Waals surface area (Å²) in [5.74, 6) is 3.55. The SMILES string of the molecule is CCc1oc2ccccc2c1-c1cn(C)c(C(=Nc2c(C(C)C)cccc2C(C)C)c2c(C(C)C)cc(C(C)C)cc2C(C)C)n1. The van der Waals surface area contributed by atoms with E-state index in [1.54, 1.807) is 0 Å². The van der Waals surface area contributed by atoms with Gasteiger partial charge in [-0.2, -0.15) is 0 Å². The zero-order chi connectivity index (χ0) is 33.4. The van der Waals surface area contributed by atoms with Crippen LogP contribution in [0.3, 0.4) is 0 Å². The van der Waals surface area contributed by atoms with Gasteiger partial charge in [0.25, 0.3) is 0 Å². The number of hydrogen-bond donors (Lipinski definition) is 0. The second-order valence-electron chi connectivity index (χ2n) is 14.4. The zero-order valence-electron chi connectivity index (χ0n) is 30.1. The van der Waals surface area contributed by atoms with Gasteiger partial charge in [0.15, 0.2) is 5.82 Å². The molecule has 2 aromatic heterocycles. The Bertz CT molecular complexity index is 1820. The molecule has 5 rings (SSSR count). The maximum atomic E-state index is 6.33. The number of furan rings is 1. The van der Waals surface area contributed by atoms with Crippen molar-refractivity contribution >= 4 is 22.4 Å². The highest BCUT2D eigenvalue weighted by molar-refractivity contribution is 6.14. The smallest absolute Gasteiger partial charge is 0.159 e. The molecule has 0 spiro atoms. The number of imidazole rings is 1. The van der Waals surface area contributed by atoms with Crippen LogP contribution in [0.2, 0.25) is 0 Å². The van der Waals surface area contributed by atoms with Crippen molar-refractivity contribution in [2.24, 2.45) is 12.0 Å². The second-order valence-corrected chi connectivity index (χ2v) is 14.4. The van der Waals surface area contributed by atoms with E-state index in [0.717, 1.165) is 51.6 Å². The fraction of sp³-hybridized carbons (Fsp3) is 0.429. The van der Waals surface area contributed by atoms with Crippen LogP contribution in [0.4, 0.5) is 5.69 Å². The Hall–Kier alpha value is -3.92. The van der Waals surface area contributed by atoms with Crippen molar-refractivity contribution in [2.75, 3.05) is 0 Å². The monoisotopic (exact) mass is 615 g/mol. The van der Waals surface area contributed by atoms with Crippen molar-refractivity contribution in [1.29, 1.82) is 0 Å². The van der Waals surface area contributed by atoms with Gasteiger partial charge in [0.05, 0.1) is 16.9 Å². The van der Waals surface area contributed by atoms with Crippen molar-refractivity contribution in [1.82, 2.24) is 9.55 Å². The number of nitrogens with zero attached hydrogens (tertiary/aromatic N) is 3. The lowest BCUT2D eigenvalue weighted by Crippen LogP contribution is -2.18. The molecule has 4 nitrogen and oxygen atoms in total. The standard InChI is InChI=1S/C42H53N3O/c1-13-36-39(32-17-14-15-20-37(32)46-36)35-23-45(12)42(43-35)41(44-40-30(25(4)5)18-16-19-31(40)26(6)7)38-33(27(8)9)21-29(24(2)3)22-34(38)28(10)11/h14-28H,13H2,1-12H3. The molecule has 0 aliphatic rings. The number of para-hydroxylation sites is 2. The summed E-state index contributed by atoms with van der Waals surface area (Å²) in [6.45, 7) is 25.0. The molecular formula is C42H53N3O. The van der Waals surface area contributed by atoms with Gasteiger partial charge in [0.2, 0.25) is 0 Å². The van der Waals surface area contributed by atoms with Gasteiger partial charge >= 0.3 is 0 Å². The Kier molecular flexibility index (Phi) is 9.77. The molecule has 0 atom stereocenters. The molecule has 0 N–H and O–H groups in total. The molecule has 0 bridgehead atoms. The van der Waals surface area contributed by atoms with Crippen LogP contribution >= 0.6 is 0 Å². The van der Waals surface area contributed by atoms with Crippen LogP contribution in [0.25, 0.3) is 22.2 Å². The Morgan fingerprint density at radius 3 is 1.83 bits per heavy atom. The first-order chi connectivity index (χ1) is 21.8. The molecule has 0 unspecified atom stereocenters. The van der Waals surface area contributed by atoms with Crippen LogP contribution in [0, 0.1) is 0 Å². The highest BCUT2D eigenvalue weighted by Crippen LogP contribution is 2.40. The van der Waals surface area contributed by atoms with Crippen molar-refractivity contribution < 1.29 is 4.42 Å². The summed E-state index contributed by atoms with van der Waals surface area (Å²) in [7, 11) is 2.11. The van der Waals surface area contributed by atoms with Crippen LogP contribution in [0.15, 0.2) is 70.2 Å². The normalized spacial score (nSPS) is 12.7. The number of rotatable bonds is 10. The summed E-state index contributed by atoms with van der Waals surface area (Å²) in [5.41, 5.74) is 12.7. The van der Waals surface area contributed by atoms with E-state index in [1.165, 1.54) is 33.4 Å². The predicted octanol–water partition coefficient (Wildman–Crippen LogP) is 12.2. The fourth-order valence-corrected chi connectivity index (χ4v) is 6.63. The topological polar surface area (TPSA) is 43.3 Å². The third-order valence-corrected chi connectivity index (χ3v) is 9.27. The second kappa shape index (κ2) is 13.4. The van der Waals surface area contributed by atoms with Crippen LogP contribution in [-0.2, 0) is 13.5 Å². The summed E-state index contributed by atoms with van der Waals surface area (Å²) in [4.78, 5) is 11.2. The van der Waals surface area contributed by atoms with Gasteiger partial charge in [-0.1, -0.05) is 125 Å². The third kappa shape index (κ3) is 6.24. The molecule has 0 saturated heterocycles. The molecule has 46 heavy (non-hydrogen) atoms. The van der Waals surface area contributed by atoms with Gasteiger partial charge in [-0.15, -0.1) is 0 Å². The van der Waals surface area contributed by atoms with E-state index >= 15 is 0 Å². The van der Waals surface area contributed by atoms with Gasteiger partial charge in [-0.25, -0.2) is 9.98 Å². The predicted molar refractivity (Wildman–Crippen MR) is 196 cm³/mol. The lowest BCUT2D eigenvalue weighted by Gasteiger charge is -2.25. The summed E-state index contributed by atoms with van der Waals surface area (Å²) in [6, 6.07) is 19.8. The van der Waals surface area contributed by atoms with Gasteiger partial charge in [-0.05, 0) is 63.5 Å². The maximum Gasteiger partial charge on any atom is 0.159 e. The van der Waals surface area contributed by atoms with E-state index in [0.29, 0.717) is 29.6 Å². The summed E-state index contributed by atoms with van der Waals surface area (Å²) in [5, 5.41) is 1.10. The van der Waals surface area contributed by atoms with Crippen molar-refractivity contribution in [2.45, 2.75) is 112 Å². The average molecular weight is 616 g/mol. The fourth-order valence-electron chi connectivity index (χ4n) is 6.63. The highest BCUT2D eigenvalue weighted by atomic mass is 16.3. The minimum absolute atomic E-state index is 0.311. The number of benzene rings is 3. The lowest BCUT2D eigenvalue weighted by atomic mass is 9.82. The molecule has 0 radical (unpaired) electrons. The lowest BCUT2D eigenvalue weighted by molar-refractivity contribution is 0.558. The van der Waals surface area contributed by atoms with Crippen molar-refractivity contribution in [3.63, 3.8) is 0 Å². The van der Waals surface area contributed by atoms with E-state index in [2.05, 4.69) is 136 Å². The number of aliphatic imine (C=N–C) groups is 1. The van der Waals surface area contributed by atoms with Crippen LogP contribution in [0.1, 0.15) is 151 Å². The zero-order valence-corrected chi connectivity index (χ0v) is 30.1. The molecule has 0 aliphatic carbocycles. The Balaban J connectivity index is 1.92. The van der Waals surface area contributed by atoms with Gasteiger partial charge in [-0.3, -0.25) is 0 Å². The quantitative estimate of drug-likeness (QED) is 0.147. The van der Waals surface area contributed by atoms with Gasteiger partial charge in [0.1, 0.15) is 17.1 Å². The molecule has 0 aliphatic heterocycles. The van der Waals surface area contributed by atoms with E-state index in [4.69, 9.17) is 14.4 Å². The molecule has 0 saturated carbocycles. The largest absolute Gasteiger partial charge is 0.460 e. The summed E-state index contributed by atoms with van der Waals surface area (Å²) >= 11 is 0. The van der Waals surface area contributed by atoms with Gasteiger partial charge in [0, 0.05) is 30.6 Å². The molecule has 2 heterocycles. The number of fused-ring (bicyclic) bond motifs is 1. The molecule has 0 fully saturated rings. The number of hydrogen-bond acceptors (Lipinski definition) is 3. The van der Waals surface area contributed by atoms with E-state index in [1.807, 2.05) is 12.1 Å². The third-order valence-electron chi connectivity index (χ3n) is 9.27. The summed E-state index contributed by atoms with van der Waals surface area (Å²) in [6.07, 6.45) is 2.95. The first-order valence-corrected chi connectivity index (χ1v) is 17.3. The van der Waals surface area contributed by atoms with Crippen LogP contribution in [0.5, 0.6) is 0 Å². The Morgan fingerprint density at radius 1 is 0.739 bits per heavy atom. The molecule has 3 aromatic carbocycles. The van der Waals surface area contributed by atoms with E-state index in [-0.39, 0.29) is 0 Å². The van der Waals surface area contributed by atoms with Gasteiger partial charge < -0.3 is 8.98 Å². The van der Waals surface area contributed by atoms with Crippen molar-refractivity contribution in [3.05, 3.63) is 106 Å². The number of aryl methyl sites for hydroxylation is 2. The highest BCUT2D eigenvalue weighted by Gasteiger charge is 2.27. The molecule has 5 aromatic rings. The maximum absolute atomic E-state index is 6.33. The van der Waals surface area contributed by atoms with E-state index < -0.39 is 0 Å². The first kappa shape index (κ1) is 33.4. The molecular weight excluding hydrogens is 562 g/mol. The van der Waals surface area contributed by atoms with Crippen LogP contribution in [-0.4, -0.2) is 15.3 Å². The summed E-state index contributed by atoms with van der Waals surface area (Å²) < 4.78 is 8.51. The first-order valence-electron chi connectivity index (χ1n) is 17.3. The minimum atomic E-state index is 0.311. The minimum Gasteiger partial charge on any atom is -0.460 e. The number of aromatic nitrogens is 2. The van der Waals surface area contributed by atoms with Crippen molar-refractivity contribution in [3.8, 4) is 11.3 Å². The molecule has 0 amide bonds.